The molecule has 1 unspecified atom stereocenters. The van der Waals surface area contributed by atoms with Crippen molar-refractivity contribution in [1.82, 2.24) is 15.1 Å². The predicted molar refractivity (Wildman–Crippen MR) is 90.0 cm³/mol. The second-order valence-electron chi connectivity index (χ2n) is 5.14. The molecule has 1 atom stereocenters. The molecule has 2 aromatic heterocycles. The Morgan fingerprint density at radius 3 is 2.86 bits per heavy atom. The van der Waals surface area contributed by atoms with Crippen molar-refractivity contribution in [2.75, 3.05) is 7.05 Å². The summed E-state index contributed by atoms with van der Waals surface area (Å²) in [5.74, 6) is 0. The Balaban J connectivity index is 2.14. The molecule has 4 heteroatoms. The van der Waals surface area contributed by atoms with Crippen LogP contribution in [-0.2, 0) is 13.0 Å². The van der Waals surface area contributed by atoms with Crippen LogP contribution in [0.5, 0.6) is 0 Å². The van der Waals surface area contributed by atoms with E-state index in [9.17, 15) is 0 Å². The van der Waals surface area contributed by atoms with E-state index in [4.69, 9.17) is 0 Å². The van der Waals surface area contributed by atoms with Crippen LogP contribution in [0.25, 0.3) is 10.1 Å². The minimum Gasteiger partial charge on any atom is -0.308 e. The summed E-state index contributed by atoms with van der Waals surface area (Å²) >= 11 is 1.81. The minimum absolute atomic E-state index is 0.181. The maximum Gasteiger partial charge on any atom is 0.0759 e. The van der Waals surface area contributed by atoms with Crippen LogP contribution >= 0.6 is 11.3 Å². The van der Waals surface area contributed by atoms with Crippen LogP contribution in [0, 0.1) is 0 Å². The van der Waals surface area contributed by atoms with Crippen molar-refractivity contribution in [3.8, 4) is 0 Å². The standard InChI is InChI=1S/C17H21N3S/c1-4-13-11-15(20(5-2)19-13)16(18-3)14-8-6-7-12-9-10-21-17(12)14/h6-11,16,18H,4-5H2,1-3H3. The molecule has 0 saturated carbocycles. The largest absolute Gasteiger partial charge is 0.308 e. The molecule has 0 saturated heterocycles. The van der Waals surface area contributed by atoms with Crippen molar-refractivity contribution in [2.45, 2.75) is 32.9 Å². The molecule has 3 rings (SSSR count). The Morgan fingerprint density at radius 2 is 2.14 bits per heavy atom. The number of benzene rings is 1. The molecule has 110 valence electrons. The highest BCUT2D eigenvalue weighted by Gasteiger charge is 2.20. The average molecular weight is 299 g/mol. The summed E-state index contributed by atoms with van der Waals surface area (Å²) in [5.41, 5.74) is 3.74. The minimum atomic E-state index is 0.181. The third-order valence-corrected chi connectivity index (χ3v) is 4.91. The smallest absolute Gasteiger partial charge is 0.0759 e. The zero-order valence-corrected chi connectivity index (χ0v) is 13.6. The van der Waals surface area contributed by atoms with E-state index in [0.717, 1.165) is 18.7 Å². The average Bonchev–Trinajstić information content (AvgIpc) is 3.14. The molecular weight excluding hydrogens is 278 g/mol. The number of hydrogen-bond donors (Lipinski definition) is 1. The van der Waals surface area contributed by atoms with Crippen molar-refractivity contribution < 1.29 is 0 Å². The van der Waals surface area contributed by atoms with Gasteiger partial charge in [0, 0.05) is 11.2 Å². The van der Waals surface area contributed by atoms with E-state index in [1.54, 1.807) is 0 Å². The lowest BCUT2D eigenvalue weighted by Crippen LogP contribution is -2.21. The van der Waals surface area contributed by atoms with Gasteiger partial charge < -0.3 is 5.32 Å². The van der Waals surface area contributed by atoms with Gasteiger partial charge in [0.1, 0.15) is 0 Å². The number of hydrogen-bond acceptors (Lipinski definition) is 3. The van der Waals surface area contributed by atoms with Gasteiger partial charge >= 0.3 is 0 Å². The lowest BCUT2D eigenvalue weighted by Gasteiger charge is -2.18. The quantitative estimate of drug-likeness (QED) is 0.772. The van der Waals surface area contributed by atoms with Gasteiger partial charge in [-0.05, 0) is 48.9 Å². The third kappa shape index (κ3) is 2.49. The summed E-state index contributed by atoms with van der Waals surface area (Å²) in [7, 11) is 2.02. The summed E-state index contributed by atoms with van der Waals surface area (Å²) in [4.78, 5) is 0. The Kier molecular flexibility index (Phi) is 4.08. The second kappa shape index (κ2) is 6.00. The fourth-order valence-corrected chi connectivity index (χ4v) is 3.80. The van der Waals surface area contributed by atoms with Gasteiger partial charge in [-0.3, -0.25) is 4.68 Å². The van der Waals surface area contributed by atoms with E-state index in [1.165, 1.54) is 21.3 Å². The van der Waals surface area contributed by atoms with Crippen molar-refractivity contribution in [3.63, 3.8) is 0 Å². The summed E-state index contributed by atoms with van der Waals surface area (Å²) < 4.78 is 3.48. The first-order valence-electron chi connectivity index (χ1n) is 7.48. The van der Waals surface area contributed by atoms with E-state index < -0.39 is 0 Å². The predicted octanol–water partition coefficient (Wildman–Crippen LogP) is 3.99. The lowest BCUT2D eigenvalue weighted by atomic mass is 10.0. The van der Waals surface area contributed by atoms with E-state index in [0.29, 0.717) is 0 Å². The fourth-order valence-electron chi connectivity index (χ4n) is 2.85. The number of nitrogens with one attached hydrogen (secondary N) is 1. The molecule has 1 aromatic carbocycles. The zero-order chi connectivity index (χ0) is 14.8. The van der Waals surface area contributed by atoms with E-state index >= 15 is 0 Å². The number of aromatic nitrogens is 2. The van der Waals surface area contributed by atoms with Crippen molar-refractivity contribution in [3.05, 3.63) is 52.7 Å². The normalized spacial score (nSPS) is 12.9. The molecule has 1 N–H and O–H groups in total. The second-order valence-corrected chi connectivity index (χ2v) is 6.05. The van der Waals surface area contributed by atoms with Crippen LogP contribution in [0.15, 0.2) is 35.7 Å². The van der Waals surface area contributed by atoms with Crippen LogP contribution < -0.4 is 5.32 Å². The van der Waals surface area contributed by atoms with Gasteiger partial charge in [-0.15, -0.1) is 11.3 Å². The van der Waals surface area contributed by atoms with E-state index in [1.807, 2.05) is 18.4 Å². The topological polar surface area (TPSA) is 29.9 Å². The molecule has 21 heavy (non-hydrogen) atoms. The third-order valence-electron chi connectivity index (χ3n) is 3.93. The highest BCUT2D eigenvalue weighted by atomic mass is 32.1. The number of aryl methyl sites for hydroxylation is 2. The number of rotatable bonds is 5. The van der Waals surface area contributed by atoms with Gasteiger partial charge in [0.05, 0.1) is 17.4 Å². The van der Waals surface area contributed by atoms with Crippen LogP contribution in [0.2, 0.25) is 0 Å². The Labute approximate surface area is 129 Å². The molecule has 0 fully saturated rings. The molecule has 0 bridgehead atoms. The van der Waals surface area contributed by atoms with Gasteiger partial charge in [-0.1, -0.05) is 25.1 Å². The van der Waals surface area contributed by atoms with Crippen LogP contribution in [0.4, 0.5) is 0 Å². The van der Waals surface area contributed by atoms with Crippen LogP contribution in [-0.4, -0.2) is 16.8 Å². The highest BCUT2D eigenvalue weighted by molar-refractivity contribution is 7.17. The molecule has 0 aliphatic heterocycles. The van der Waals surface area contributed by atoms with Crippen molar-refractivity contribution in [2.24, 2.45) is 0 Å². The SMILES string of the molecule is CCc1cc(C(NC)c2cccc3ccsc23)n(CC)n1. The lowest BCUT2D eigenvalue weighted by molar-refractivity contribution is 0.562. The van der Waals surface area contributed by atoms with Gasteiger partial charge in [-0.25, -0.2) is 0 Å². The first-order chi connectivity index (χ1) is 10.3. The van der Waals surface area contributed by atoms with Crippen LogP contribution in [0.1, 0.15) is 36.8 Å². The molecular formula is C17H21N3S. The number of fused-ring (bicyclic) bond motifs is 1. The number of nitrogens with zero attached hydrogens (tertiary/aromatic N) is 2. The zero-order valence-electron chi connectivity index (χ0n) is 12.8. The Hall–Kier alpha value is -1.65. The molecule has 0 radical (unpaired) electrons. The first-order valence-corrected chi connectivity index (χ1v) is 8.36. The van der Waals surface area contributed by atoms with Gasteiger partial charge in [0.2, 0.25) is 0 Å². The molecule has 0 aliphatic rings. The maximum absolute atomic E-state index is 4.69. The molecule has 2 heterocycles. The van der Waals surface area contributed by atoms with Gasteiger partial charge in [0.15, 0.2) is 0 Å². The van der Waals surface area contributed by atoms with Gasteiger partial charge in [-0.2, -0.15) is 5.10 Å². The summed E-state index contributed by atoms with van der Waals surface area (Å²) in [6.45, 7) is 5.20. The summed E-state index contributed by atoms with van der Waals surface area (Å²) in [6.07, 6.45) is 0.972. The fraction of sp³-hybridized carbons (Fsp3) is 0.353. The molecule has 0 amide bonds. The molecule has 0 aliphatic carbocycles. The molecule has 3 nitrogen and oxygen atoms in total. The van der Waals surface area contributed by atoms with E-state index in [-0.39, 0.29) is 6.04 Å². The summed E-state index contributed by atoms with van der Waals surface area (Å²) in [6, 6.07) is 11.1. The van der Waals surface area contributed by atoms with Crippen LogP contribution in [0.3, 0.4) is 0 Å². The Bertz CT molecular complexity index is 741. The van der Waals surface area contributed by atoms with E-state index in [2.05, 4.69) is 64.7 Å². The van der Waals surface area contributed by atoms with Gasteiger partial charge in [0.25, 0.3) is 0 Å². The Morgan fingerprint density at radius 1 is 1.29 bits per heavy atom. The number of thiophene rings is 1. The monoisotopic (exact) mass is 299 g/mol. The maximum atomic E-state index is 4.69. The molecule has 0 spiro atoms. The molecule has 3 aromatic rings. The highest BCUT2D eigenvalue weighted by Crippen LogP contribution is 2.32. The van der Waals surface area contributed by atoms with Crippen molar-refractivity contribution >= 4 is 21.4 Å². The summed E-state index contributed by atoms with van der Waals surface area (Å²) in [5, 5.41) is 11.6. The van der Waals surface area contributed by atoms with Crippen molar-refractivity contribution in [1.29, 1.82) is 0 Å². The first kappa shape index (κ1) is 14.3.